The fourth-order valence-electron chi connectivity index (χ4n) is 2.59. The molecule has 6 nitrogen and oxygen atoms in total. The van der Waals surface area contributed by atoms with Crippen molar-refractivity contribution in [2.75, 3.05) is 13.1 Å². The largest absolute Gasteiger partial charge is 0.481 e. The maximum atomic E-state index is 12.4. The summed E-state index contributed by atoms with van der Waals surface area (Å²) in [4.78, 5) is 25.0. The van der Waals surface area contributed by atoms with E-state index in [1.54, 1.807) is 17.2 Å². The zero-order chi connectivity index (χ0) is 14.1. The highest BCUT2D eigenvalue weighted by Crippen LogP contribution is 2.20. The van der Waals surface area contributed by atoms with Crippen LogP contribution in [0.1, 0.15) is 23.2 Å². The molecule has 1 aromatic carbocycles. The van der Waals surface area contributed by atoms with Crippen LogP contribution in [0, 0.1) is 5.92 Å². The summed E-state index contributed by atoms with van der Waals surface area (Å²) in [6.07, 6.45) is 2.73. The molecule has 0 radical (unpaired) electrons. The Kier molecular flexibility index (Phi) is 3.14. The molecule has 2 N–H and O–H groups in total. The summed E-state index contributed by atoms with van der Waals surface area (Å²) >= 11 is 0. The van der Waals surface area contributed by atoms with Crippen LogP contribution in [-0.2, 0) is 4.79 Å². The van der Waals surface area contributed by atoms with Crippen molar-refractivity contribution in [3.63, 3.8) is 0 Å². The number of fused-ring (bicyclic) bond motifs is 1. The first kappa shape index (κ1) is 12.7. The van der Waals surface area contributed by atoms with E-state index >= 15 is 0 Å². The van der Waals surface area contributed by atoms with Crippen molar-refractivity contribution >= 4 is 22.8 Å². The van der Waals surface area contributed by atoms with E-state index in [-0.39, 0.29) is 11.8 Å². The molecule has 3 rings (SSSR count). The lowest BCUT2D eigenvalue weighted by molar-refractivity contribution is -0.143. The van der Waals surface area contributed by atoms with Gasteiger partial charge in [-0.1, -0.05) is 0 Å². The lowest BCUT2D eigenvalue weighted by atomic mass is 9.96. The summed E-state index contributed by atoms with van der Waals surface area (Å²) in [5, 5.41) is 16.6. The van der Waals surface area contributed by atoms with Gasteiger partial charge in [0.1, 0.15) is 0 Å². The molecule has 6 heteroatoms. The molecule has 0 saturated carbocycles. The minimum Gasteiger partial charge on any atom is -0.481 e. The SMILES string of the molecule is O=C(O)C1CCN(C(=O)c2ccc3[nH]ncc3c2)CC1. The molecule has 2 aromatic rings. The number of nitrogens with one attached hydrogen (secondary N) is 1. The number of H-pyrrole nitrogens is 1. The number of carboxylic acids is 1. The van der Waals surface area contributed by atoms with Gasteiger partial charge in [-0.3, -0.25) is 14.7 Å². The third-order valence-corrected chi connectivity index (χ3v) is 3.82. The quantitative estimate of drug-likeness (QED) is 0.868. The van der Waals surface area contributed by atoms with E-state index in [1.807, 2.05) is 12.1 Å². The lowest BCUT2D eigenvalue weighted by Gasteiger charge is -2.30. The normalized spacial score (nSPS) is 16.5. The Hall–Kier alpha value is -2.37. The molecule has 1 fully saturated rings. The molecule has 1 saturated heterocycles. The average Bonchev–Trinajstić information content (AvgIpc) is 2.94. The molecule has 104 valence electrons. The Balaban J connectivity index is 1.74. The van der Waals surface area contributed by atoms with E-state index in [0.29, 0.717) is 31.5 Å². The number of amides is 1. The number of nitrogens with zero attached hydrogens (tertiary/aromatic N) is 2. The van der Waals surface area contributed by atoms with Gasteiger partial charge >= 0.3 is 5.97 Å². The number of likely N-dealkylation sites (tertiary alicyclic amines) is 1. The number of hydrogen-bond donors (Lipinski definition) is 2. The van der Waals surface area contributed by atoms with Crippen LogP contribution in [-0.4, -0.2) is 45.2 Å². The molecule has 1 aliphatic rings. The highest BCUT2D eigenvalue weighted by molar-refractivity contribution is 5.98. The number of benzene rings is 1. The Labute approximate surface area is 115 Å². The van der Waals surface area contributed by atoms with Gasteiger partial charge in [0.05, 0.1) is 17.6 Å². The molecule has 1 aliphatic heterocycles. The first-order chi connectivity index (χ1) is 9.65. The van der Waals surface area contributed by atoms with Crippen LogP contribution in [0.15, 0.2) is 24.4 Å². The van der Waals surface area contributed by atoms with Crippen LogP contribution < -0.4 is 0 Å². The number of hydrogen-bond acceptors (Lipinski definition) is 3. The van der Waals surface area contributed by atoms with Crippen LogP contribution in [0.5, 0.6) is 0 Å². The summed E-state index contributed by atoms with van der Waals surface area (Å²) in [7, 11) is 0. The number of rotatable bonds is 2. The van der Waals surface area contributed by atoms with Gasteiger partial charge in [0, 0.05) is 24.0 Å². The highest BCUT2D eigenvalue weighted by atomic mass is 16.4. The van der Waals surface area contributed by atoms with Crippen molar-refractivity contribution in [2.45, 2.75) is 12.8 Å². The molecule has 0 aliphatic carbocycles. The van der Waals surface area contributed by atoms with Crippen molar-refractivity contribution in [1.82, 2.24) is 15.1 Å². The van der Waals surface area contributed by atoms with Gasteiger partial charge in [-0.2, -0.15) is 5.10 Å². The third-order valence-electron chi connectivity index (χ3n) is 3.82. The number of piperidine rings is 1. The van der Waals surface area contributed by atoms with Gasteiger partial charge in [-0.25, -0.2) is 0 Å². The molecule has 0 bridgehead atoms. The minimum atomic E-state index is -0.767. The minimum absolute atomic E-state index is 0.0445. The molecule has 0 atom stereocenters. The number of carbonyl (C=O) groups is 2. The monoisotopic (exact) mass is 273 g/mol. The zero-order valence-corrected chi connectivity index (χ0v) is 10.9. The van der Waals surface area contributed by atoms with Gasteiger partial charge in [-0.05, 0) is 31.0 Å². The van der Waals surface area contributed by atoms with Crippen molar-refractivity contribution < 1.29 is 14.7 Å². The standard InChI is InChI=1S/C14H15N3O3/c18-13(17-5-3-9(4-6-17)14(19)20)10-1-2-12-11(7-10)8-15-16-12/h1-2,7-9H,3-6H2,(H,15,16)(H,19,20). The molecule has 0 unspecified atom stereocenters. The summed E-state index contributed by atoms with van der Waals surface area (Å²) in [5.41, 5.74) is 1.51. The van der Waals surface area contributed by atoms with Gasteiger partial charge < -0.3 is 10.0 Å². The summed E-state index contributed by atoms with van der Waals surface area (Å²) in [6.45, 7) is 0.998. The number of aromatic amines is 1. The number of carbonyl (C=O) groups excluding carboxylic acids is 1. The van der Waals surface area contributed by atoms with Crippen LogP contribution in [0.2, 0.25) is 0 Å². The van der Waals surface area contributed by atoms with Crippen LogP contribution in [0.3, 0.4) is 0 Å². The second-order valence-electron chi connectivity index (χ2n) is 5.08. The smallest absolute Gasteiger partial charge is 0.306 e. The summed E-state index contributed by atoms with van der Waals surface area (Å²) < 4.78 is 0. The highest BCUT2D eigenvalue weighted by Gasteiger charge is 2.27. The third kappa shape index (κ3) is 2.24. The van der Waals surface area contributed by atoms with E-state index in [2.05, 4.69) is 10.2 Å². The van der Waals surface area contributed by atoms with Gasteiger partial charge in [-0.15, -0.1) is 0 Å². The molecule has 0 spiro atoms. The Morgan fingerprint density at radius 2 is 2.05 bits per heavy atom. The molecule has 1 amide bonds. The Morgan fingerprint density at radius 1 is 1.30 bits per heavy atom. The van der Waals surface area contributed by atoms with Crippen LogP contribution >= 0.6 is 0 Å². The maximum Gasteiger partial charge on any atom is 0.306 e. The Bertz CT molecular complexity index is 656. The number of carboxylic acid groups (broad SMARTS) is 1. The number of aromatic nitrogens is 2. The topological polar surface area (TPSA) is 86.3 Å². The zero-order valence-electron chi connectivity index (χ0n) is 10.9. The van der Waals surface area contributed by atoms with Gasteiger partial charge in [0.15, 0.2) is 0 Å². The average molecular weight is 273 g/mol. The van der Waals surface area contributed by atoms with E-state index in [4.69, 9.17) is 5.11 Å². The first-order valence-electron chi connectivity index (χ1n) is 6.60. The molecular formula is C14H15N3O3. The van der Waals surface area contributed by atoms with E-state index < -0.39 is 5.97 Å². The Morgan fingerprint density at radius 3 is 2.75 bits per heavy atom. The summed E-state index contributed by atoms with van der Waals surface area (Å²) in [6, 6.07) is 5.41. The molecule has 1 aromatic heterocycles. The summed E-state index contributed by atoms with van der Waals surface area (Å²) in [5.74, 6) is -1.13. The predicted octanol–water partition coefficient (Wildman–Crippen LogP) is 1.50. The fraction of sp³-hybridized carbons (Fsp3) is 0.357. The van der Waals surface area contributed by atoms with Gasteiger partial charge in [0.2, 0.25) is 0 Å². The first-order valence-corrected chi connectivity index (χ1v) is 6.60. The number of aliphatic carboxylic acids is 1. The van der Waals surface area contributed by atoms with Crippen molar-refractivity contribution in [3.8, 4) is 0 Å². The van der Waals surface area contributed by atoms with E-state index in [0.717, 1.165) is 10.9 Å². The van der Waals surface area contributed by atoms with Gasteiger partial charge in [0.25, 0.3) is 5.91 Å². The van der Waals surface area contributed by atoms with Crippen LogP contribution in [0.4, 0.5) is 0 Å². The van der Waals surface area contributed by atoms with Crippen molar-refractivity contribution in [2.24, 2.45) is 5.92 Å². The molecule has 2 heterocycles. The van der Waals surface area contributed by atoms with E-state index in [1.165, 1.54) is 0 Å². The fourth-order valence-corrected chi connectivity index (χ4v) is 2.59. The predicted molar refractivity (Wildman–Crippen MR) is 72.4 cm³/mol. The molecule has 20 heavy (non-hydrogen) atoms. The maximum absolute atomic E-state index is 12.4. The lowest BCUT2D eigenvalue weighted by Crippen LogP contribution is -2.40. The molecular weight excluding hydrogens is 258 g/mol. The van der Waals surface area contributed by atoms with Crippen molar-refractivity contribution in [1.29, 1.82) is 0 Å². The van der Waals surface area contributed by atoms with Crippen molar-refractivity contribution in [3.05, 3.63) is 30.0 Å². The van der Waals surface area contributed by atoms with Crippen LogP contribution in [0.25, 0.3) is 10.9 Å². The second-order valence-corrected chi connectivity index (χ2v) is 5.08. The van der Waals surface area contributed by atoms with E-state index in [9.17, 15) is 9.59 Å². The second kappa shape index (κ2) is 4.96.